The van der Waals surface area contributed by atoms with Gasteiger partial charge in [0.2, 0.25) is 5.96 Å². The Morgan fingerprint density at radius 1 is 1.44 bits per heavy atom. The lowest BCUT2D eigenvalue weighted by atomic mass is 10.1. The highest BCUT2D eigenvalue weighted by molar-refractivity contribution is 6.31. The Kier molecular flexibility index (Phi) is 1.94. The van der Waals surface area contributed by atoms with Gasteiger partial charge in [-0.15, -0.1) is 0 Å². The molecule has 5 heteroatoms. The summed E-state index contributed by atoms with van der Waals surface area (Å²) in [7, 11) is 1.90. The number of anilines is 1. The fourth-order valence-corrected chi connectivity index (χ4v) is 2.30. The quantitative estimate of drug-likeness (QED) is 0.685. The molecular formula is C11H10ClN3O. The summed E-state index contributed by atoms with van der Waals surface area (Å²) in [4.78, 5) is 20.1. The number of carbonyl (C=O) groups is 1. The molecule has 2 aliphatic heterocycles. The minimum absolute atomic E-state index is 0.0148. The highest BCUT2D eigenvalue weighted by Crippen LogP contribution is 2.31. The minimum atomic E-state index is 0.0148. The van der Waals surface area contributed by atoms with Gasteiger partial charge < -0.3 is 4.90 Å². The Morgan fingerprint density at radius 2 is 2.25 bits per heavy atom. The Bertz CT molecular complexity index is 512. The van der Waals surface area contributed by atoms with Crippen LogP contribution >= 0.6 is 11.6 Å². The Balaban J connectivity index is 2.21. The monoisotopic (exact) mass is 235 g/mol. The number of aliphatic imine (C=N–C) groups is 1. The number of fused-ring (bicyclic) bond motifs is 2. The van der Waals surface area contributed by atoms with Crippen molar-refractivity contribution in [3.63, 3.8) is 0 Å². The van der Waals surface area contributed by atoms with E-state index >= 15 is 0 Å². The van der Waals surface area contributed by atoms with Gasteiger partial charge in [0.15, 0.2) is 0 Å². The predicted octanol–water partition coefficient (Wildman–Crippen LogP) is 1.60. The first-order valence-electron chi connectivity index (χ1n) is 5.08. The van der Waals surface area contributed by atoms with Crippen LogP contribution in [0.5, 0.6) is 0 Å². The fourth-order valence-electron chi connectivity index (χ4n) is 2.13. The molecule has 0 radical (unpaired) electrons. The maximum absolute atomic E-state index is 12.1. The molecule has 0 saturated heterocycles. The number of hydrogen-bond acceptors (Lipinski definition) is 3. The summed E-state index contributed by atoms with van der Waals surface area (Å²) in [5, 5.41) is 0.630. The number of guanidine groups is 1. The van der Waals surface area contributed by atoms with E-state index in [1.54, 1.807) is 23.1 Å². The molecule has 1 aromatic rings. The molecule has 0 unspecified atom stereocenters. The molecule has 0 fully saturated rings. The Labute approximate surface area is 98.1 Å². The molecule has 0 bridgehead atoms. The summed E-state index contributed by atoms with van der Waals surface area (Å²) in [6, 6.07) is 5.31. The molecule has 0 saturated carbocycles. The van der Waals surface area contributed by atoms with Crippen molar-refractivity contribution in [2.75, 3.05) is 25.0 Å². The molecule has 0 aliphatic carbocycles. The zero-order chi connectivity index (χ0) is 11.3. The average molecular weight is 236 g/mol. The third kappa shape index (κ3) is 1.16. The van der Waals surface area contributed by atoms with Gasteiger partial charge in [-0.3, -0.25) is 14.7 Å². The van der Waals surface area contributed by atoms with E-state index in [0.717, 1.165) is 11.6 Å². The number of rotatable bonds is 0. The summed E-state index contributed by atoms with van der Waals surface area (Å²) >= 11 is 5.94. The molecule has 1 aromatic carbocycles. The molecule has 16 heavy (non-hydrogen) atoms. The SMILES string of the molecule is CN1C2=NCCN2C(=O)c2ccc(Cl)cc21. The van der Waals surface area contributed by atoms with Gasteiger partial charge in [-0.1, -0.05) is 11.6 Å². The van der Waals surface area contributed by atoms with Crippen molar-refractivity contribution in [2.45, 2.75) is 0 Å². The highest BCUT2D eigenvalue weighted by Gasteiger charge is 2.35. The number of halogens is 1. The van der Waals surface area contributed by atoms with Crippen LogP contribution in [0.25, 0.3) is 0 Å². The normalized spacial score (nSPS) is 18.4. The van der Waals surface area contributed by atoms with E-state index in [1.165, 1.54) is 0 Å². The molecule has 0 N–H and O–H groups in total. The molecule has 4 nitrogen and oxygen atoms in total. The third-order valence-electron chi connectivity index (χ3n) is 2.91. The maximum atomic E-state index is 12.1. The first-order chi connectivity index (χ1) is 7.68. The fraction of sp³-hybridized carbons (Fsp3) is 0.273. The van der Waals surface area contributed by atoms with Crippen LogP contribution in [0.4, 0.5) is 5.69 Å². The van der Waals surface area contributed by atoms with E-state index in [0.29, 0.717) is 23.7 Å². The number of benzene rings is 1. The summed E-state index contributed by atoms with van der Waals surface area (Å²) in [5.41, 5.74) is 1.52. The van der Waals surface area contributed by atoms with Crippen molar-refractivity contribution in [1.82, 2.24) is 4.90 Å². The standard InChI is InChI=1S/C11H10ClN3O/c1-14-9-6-7(12)2-3-8(9)10(16)15-5-4-13-11(14)15/h2-3,6H,4-5H2,1H3. The number of carbonyl (C=O) groups excluding carboxylic acids is 1. The lowest BCUT2D eigenvalue weighted by Gasteiger charge is -2.33. The minimum Gasteiger partial charge on any atom is -0.314 e. The van der Waals surface area contributed by atoms with Crippen LogP contribution in [0.1, 0.15) is 10.4 Å². The molecule has 3 rings (SSSR count). The molecular weight excluding hydrogens is 226 g/mol. The van der Waals surface area contributed by atoms with Crippen LogP contribution in [0, 0.1) is 0 Å². The number of hydrogen-bond donors (Lipinski definition) is 0. The second-order valence-electron chi connectivity index (χ2n) is 3.86. The molecule has 2 aliphatic rings. The van der Waals surface area contributed by atoms with Crippen molar-refractivity contribution in [2.24, 2.45) is 4.99 Å². The summed E-state index contributed by atoms with van der Waals surface area (Å²) in [6.45, 7) is 1.34. The molecule has 0 spiro atoms. The van der Waals surface area contributed by atoms with Crippen molar-refractivity contribution >= 4 is 29.2 Å². The van der Waals surface area contributed by atoms with Gasteiger partial charge in [-0.05, 0) is 18.2 Å². The Hall–Kier alpha value is -1.55. The molecule has 0 aromatic heterocycles. The van der Waals surface area contributed by atoms with Gasteiger partial charge >= 0.3 is 0 Å². The van der Waals surface area contributed by atoms with Crippen LogP contribution < -0.4 is 4.90 Å². The van der Waals surface area contributed by atoms with Crippen molar-refractivity contribution < 1.29 is 4.79 Å². The van der Waals surface area contributed by atoms with E-state index in [9.17, 15) is 4.79 Å². The second-order valence-corrected chi connectivity index (χ2v) is 4.30. The molecule has 1 amide bonds. The smallest absolute Gasteiger partial charge is 0.262 e. The van der Waals surface area contributed by atoms with E-state index < -0.39 is 0 Å². The third-order valence-corrected chi connectivity index (χ3v) is 3.15. The number of amides is 1. The average Bonchev–Trinajstić information content (AvgIpc) is 2.75. The zero-order valence-corrected chi connectivity index (χ0v) is 9.53. The van der Waals surface area contributed by atoms with E-state index in [-0.39, 0.29) is 5.91 Å². The lowest BCUT2D eigenvalue weighted by Crippen LogP contribution is -2.48. The van der Waals surface area contributed by atoms with Gasteiger partial charge in [0, 0.05) is 18.6 Å². The largest absolute Gasteiger partial charge is 0.314 e. The van der Waals surface area contributed by atoms with Gasteiger partial charge in [0.25, 0.3) is 5.91 Å². The highest BCUT2D eigenvalue weighted by atomic mass is 35.5. The van der Waals surface area contributed by atoms with Crippen molar-refractivity contribution in [1.29, 1.82) is 0 Å². The molecule has 0 atom stereocenters. The maximum Gasteiger partial charge on any atom is 0.262 e. The van der Waals surface area contributed by atoms with E-state index in [2.05, 4.69) is 4.99 Å². The summed E-state index contributed by atoms with van der Waals surface area (Å²) < 4.78 is 0. The lowest BCUT2D eigenvalue weighted by molar-refractivity contribution is 0.0852. The van der Waals surface area contributed by atoms with Gasteiger partial charge in [0.05, 0.1) is 17.8 Å². The van der Waals surface area contributed by atoms with Crippen molar-refractivity contribution in [3.05, 3.63) is 28.8 Å². The topological polar surface area (TPSA) is 35.9 Å². The second kappa shape index (κ2) is 3.22. The van der Waals surface area contributed by atoms with Crippen LogP contribution in [0.15, 0.2) is 23.2 Å². The van der Waals surface area contributed by atoms with E-state index in [4.69, 9.17) is 11.6 Å². The predicted molar refractivity (Wildman–Crippen MR) is 63.2 cm³/mol. The first kappa shape index (κ1) is 9.66. The number of nitrogens with zero attached hydrogens (tertiary/aromatic N) is 3. The summed E-state index contributed by atoms with van der Waals surface area (Å²) in [6.07, 6.45) is 0. The molecule has 2 heterocycles. The molecule has 82 valence electrons. The van der Waals surface area contributed by atoms with Crippen LogP contribution in [0.2, 0.25) is 5.02 Å². The van der Waals surface area contributed by atoms with Gasteiger partial charge in [0.1, 0.15) is 0 Å². The van der Waals surface area contributed by atoms with Crippen LogP contribution in [0.3, 0.4) is 0 Å². The zero-order valence-electron chi connectivity index (χ0n) is 8.77. The van der Waals surface area contributed by atoms with Gasteiger partial charge in [-0.25, -0.2) is 0 Å². The first-order valence-corrected chi connectivity index (χ1v) is 5.46. The van der Waals surface area contributed by atoms with Gasteiger partial charge in [-0.2, -0.15) is 0 Å². The van der Waals surface area contributed by atoms with Crippen LogP contribution in [-0.2, 0) is 0 Å². The van der Waals surface area contributed by atoms with E-state index in [1.807, 2.05) is 11.9 Å². The Morgan fingerprint density at radius 3 is 3.06 bits per heavy atom. The summed E-state index contributed by atoms with van der Waals surface area (Å²) in [5.74, 6) is 0.737. The van der Waals surface area contributed by atoms with Crippen LogP contribution in [-0.4, -0.2) is 36.9 Å². The van der Waals surface area contributed by atoms with Crippen molar-refractivity contribution in [3.8, 4) is 0 Å².